The van der Waals surface area contributed by atoms with Gasteiger partial charge in [-0.25, -0.2) is 8.42 Å². The number of halogens is 1. The Morgan fingerprint density at radius 2 is 2.16 bits per heavy atom. The second kappa shape index (κ2) is 6.20. The average molecular weight is 299 g/mol. The molecule has 0 N–H and O–H groups in total. The van der Waals surface area contributed by atoms with Gasteiger partial charge in [-0.05, 0) is 32.0 Å². The number of nitriles is 1. The number of nitrogens with zero attached hydrogens (tertiary/aromatic N) is 2. The number of hydrogen-bond acceptors (Lipinski definition) is 3. The van der Waals surface area contributed by atoms with Crippen LogP contribution < -0.4 is 0 Å². The molecule has 0 aliphatic rings. The predicted molar refractivity (Wildman–Crippen MR) is 75.4 cm³/mol. The summed E-state index contributed by atoms with van der Waals surface area (Å²) in [6.07, 6.45) is 1.51. The monoisotopic (exact) mass is 298 g/mol. The zero-order chi connectivity index (χ0) is 14.6. The summed E-state index contributed by atoms with van der Waals surface area (Å²) in [5, 5.41) is 8.96. The van der Waals surface area contributed by atoms with Gasteiger partial charge >= 0.3 is 0 Å². The van der Waals surface area contributed by atoms with Crippen LogP contribution in [0.4, 0.5) is 0 Å². The molecule has 0 amide bonds. The van der Waals surface area contributed by atoms with Gasteiger partial charge in [0.1, 0.15) is 4.90 Å². The molecule has 0 radical (unpaired) electrons. The van der Waals surface area contributed by atoms with Crippen LogP contribution in [0.5, 0.6) is 0 Å². The molecule has 0 bridgehead atoms. The lowest BCUT2D eigenvalue weighted by Crippen LogP contribution is -2.37. The van der Waals surface area contributed by atoms with Crippen molar-refractivity contribution < 1.29 is 8.42 Å². The van der Waals surface area contributed by atoms with Crippen LogP contribution in [0.2, 0.25) is 5.02 Å². The summed E-state index contributed by atoms with van der Waals surface area (Å²) >= 11 is 5.95. The summed E-state index contributed by atoms with van der Waals surface area (Å²) in [5.41, 5.74) is 0.255. The quantitative estimate of drug-likeness (QED) is 0.785. The van der Waals surface area contributed by atoms with Gasteiger partial charge < -0.3 is 0 Å². The van der Waals surface area contributed by atoms with E-state index in [9.17, 15) is 8.42 Å². The highest BCUT2D eigenvalue weighted by molar-refractivity contribution is 7.89. The molecule has 102 valence electrons. The third kappa shape index (κ3) is 3.35. The minimum atomic E-state index is -3.75. The molecule has 4 nitrogen and oxygen atoms in total. The molecule has 6 heteroatoms. The summed E-state index contributed by atoms with van der Waals surface area (Å²) in [6.45, 7) is 7.28. The van der Waals surface area contributed by atoms with E-state index < -0.39 is 10.0 Å². The van der Waals surface area contributed by atoms with Gasteiger partial charge in [0.15, 0.2) is 0 Å². The van der Waals surface area contributed by atoms with Gasteiger partial charge in [0.05, 0.1) is 16.7 Å². The molecule has 1 aromatic rings. The molecule has 0 fully saturated rings. The summed E-state index contributed by atoms with van der Waals surface area (Å²) in [4.78, 5) is -0.0521. The zero-order valence-corrected chi connectivity index (χ0v) is 12.4. The van der Waals surface area contributed by atoms with Crippen molar-refractivity contribution in [2.75, 3.05) is 6.54 Å². The Labute approximate surface area is 119 Å². The van der Waals surface area contributed by atoms with E-state index in [-0.39, 0.29) is 28.1 Å². The van der Waals surface area contributed by atoms with Crippen molar-refractivity contribution in [3.63, 3.8) is 0 Å². The van der Waals surface area contributed by atoms with Crippen molar-refractivity contribution in [1.82, 2.24) is 4.31 Å². The third-order valence-electron chi connectivity index (χ3n) is 2.53. The topological polar surface area (TPSA) is 61.2 Å². The molecule has 0 saturated carbocycles. The first-order valence-electron chi connectivity index (χ1n) is 5.67. The van der Waals surface area contributed by atoms with E-state index in [2.05, 4.69) is 6.58 Å². The maximum atomic E-state index is 12.5. The highest BCUT2D eigenvalue weighted by Gasteiger charge is 2.28. The van der Waals surface area contributed by atoms with Gasteiger partial charge in [0.25, 0.3) is 0 Å². The highest BCUT2D eigenvalue weighted by Crippen LogP contribution is 2.26. The minimum Gasteiger partial charge on any atom is -0.207 e. The van der Waals surface area contributed by atoms with Crippen LogP contribution in [-0.2, 0) is 10.0 Å². The smallest absolute Gasteiger partial charge is 0.207 e. The molecule has 0 saturated heterocycles. The van der Waals surface area contributed by atoms with Crippen molar-refractivity contribution in [1.29, 1.82) is 5.26 Å². The van der Waals surface area contributed by atoms with Crippen LogP contribution in [0.15, 0.2) is 35.7 Å². The van der Waals surface area contributed by atoms with Crippen LogP contribution in [-0.4, -0.2) is 25.3 Å². The van der Waals surface area contributed by atoms with Crippen molar-refractivity contribution in [2.24, 2.45) is 0 Å². The van der Waals surface area contributed by atoms with Gasteiger partial charge in [0, 0.05) is 12.6 Å². The highest BCUT2D eigenvalue weighted by atomic mass is 35.5. The molecule has 19 heavy (non-hydrogen) atoms. The fraction of sp³-hybridized carbons (Fsp3) is 0.308. The van der Waals surface area contributed by atoms with E-state index in [0.717, 1.165) is 0 Å². The van der Waals surface area contributed by atoms with E-state index in [4.69, 9.17) is 16.9 Å². The van der Waals surface area contributed by atoms with Crippen LogP contribution in [0.3, 0.4) is 0 Å². The van der Waals surface area contributed by atoms with Crippen LogP contribution >= 0.6 is 11.6 Å². The van der Waals surface area contributed by atoms with Gasteiger partial charge in [0.2, 0.25) is 10.0 Å². The molecule has 1 aromatic carbocycles. The summed E-state index contributed by atoms with van der Waals surface area (Å²) in [5.74, 6) is 0. The lowest BCUT2D eigenvalue weighted by atomic mass is 10.2. The van der Waals surface area contributed by atoms with Crippen molar-refractivity contribution in [3.05, 3.63) is 41.4 Å². The van der Waals surface area contributed by atoms with E-state index >= 15 is 0 Å². The van der Waals surface area contributed by atoms with Crippen LogP contribution in [0, 0.1) is 11.3 Å². The molecule has 0 aliphatic heterocycles. The first-order valence-corrected chi connectivity index (χ1v) is 7.48. The molecular formula is C13H15ClN2O2S. The largest absolute Gasteiger partial charge is 0.245 e. The van der Waals surface area contributed by atoms with Crippen molar-refractivity contribution >= 4 is 21.6 Å². The van der Waals surface area contributed by atoms with Gasteiger partial charge in [-0.1, -0.05) is 17.7 Å². The molecule has 0 unspecified atom stereocenters. The Morgan fingerprint density at radius 1 is 1.53 bits per heavy atom. The lowest BCUT2D eigenvalue weighted by molar-refractivity contribution is 0.383. The Bertz CT molecular complexity index is 618. The summed E-state index contributed by atoms with van der Waals surface area (Å²) in [6, 6.07) is 5.86. The maximum absolute atomic E-state index is 12.5. The van der Waals surface area contributed by atoms with Crippen molar-refractivity contribution in [2.45, 2.75) is 24.8 Å². The Morgan fingerprint density at radius 3 is 2.63 bits per heavy atom. The minimum absolute atomic E-state index is 0.0521. The Balaban J connectivity index is 3.41. The summed E-state index contributed by atoms with van der Waals surface area (Å²) < 4.78 is 26.4. The van der Waals surface area contributed by atoms with E-state index in [1.165, 1.54) is 28.6 Å². The average Bonchev–Trinajstić information content (AvgIpc) is 2.35. The maximum Gasteiger partial charge on any atom is 0.245 e. The third-order valence-corrected chi connectivity index (χ3v) is 5.06. The zero-order valence-electron chi connectivity index (χ0n) is 10.8. The van der Waals surface area contributed by atoms with E-state index in [1.807, 2.05) is 6.07 Å². The van der Waals surface area contributed by atoms with Gasteiger partial charge in [-0.3, -0.25) is 0 Å². The van der Waals surface area contributed by atoms with Gasteiger partial charge in [-0.2, -0.15) is 9.57 Å². The molecule has 0 spiro atoms. The van der Waals surface area contributed by atoms with Gasteiger partial charge in [-0.15, -0.1) is 6.58 Å². The normalized spacial score (nSPS) is 11.6. The molecule has 0 atom stereocenters. The molecule has 0 aliphatic carbocycles. The standard InChI is InChI=1S/C13H15ClN2O2S/c1-4-7-16(10(2)3)19(17,18)13-8-11(9-15)5-6-12(13)14/h4-6,8,10H,1,7H2,2-3H3. The first kappa shape index (κ1) is 15.7. The SMILES string of the molecule is C=CCN(C(C)C)S(=O)(=O)c1cc(C#N)ccc1Cl. The second-order valence-electron chi connectivity index (χ2n) is 4.21. The molecular weight excluding hydrogens is 284 g/mol. The number of hydrogen-bond donors (Lipinski definition) is 0. The Hall–Kier alpha value is -1.35. The number of rotatable bonds is 5. The van der Waals surface area contributed by atoms with Crippen LogP contribution in [0.25, 0.3) is 0 Å². The predicted octanol–water partition coefficient (Wildman–Crippen LogP) is 2.80. The summed E-state index contributed by atoms with van der Waals surface area (Å²) in [7, 11) is -3.75. The first-order chi connectivity index (χ1) is 8.84. The van der Waals surface area contributed by atoms with E-state index in [1.54, 1.807) is 13.8 Å². The lowest BCUT2D eigenvalue weighted by Gasteiger charge is -2.25. The fourth-order valence-electron chi connectivity index (χ4n) is 1.61. The fourth-order valence-corrected chi connectivity index (χ4v) is 3.72. The van der Waals surface area contributed by atoms with E-state index in [0.29, 0.717) is 0 Å². The molecule has 0 heterocycles. The second-order valence-corrected chi connectivity index (χ2v) is 6.48. The molecule has 0 aromatic heterocycles. The molecule has 1 rings (SSSR count). The van der Waals surface area contributed by atoms with Crippen LogP contribution in [0.1, 0.15) is 19.4 Å². The number of sulfonamides is 1. The number of benzene rings is 1. The Kier molecular flexibility index (Phi) is 5.12. The van der Waals surface area contributed by atoms with Crippen molar-refractivity contribution in [3.8, 4) is 6.07 Å².